The molecule has 1 aliphatic heterocycles. The van der Waals surface area contributed by atoms with E-state index in [1.807, 2.05) is 0 Å². The van der Waals surface area contributed by atoms with Crippen LogP contribution in [0.25, 0.3) is 0 Å². The maximum Gasteiger partial charge on any atom is 0.334 e. The Bertz CT molecular complexity index is 601. The van der Waals surface area contributed by atoms with E-state index in [2.05, 4.69) is 6.58 Å². The summed E-state index contributed by atoms with van der Waals surface area (Å²) in [5, 5.41) is 19.8. The van der Waals surface area contributed by atoms with Crippen LogP contribution in [0.15, 0.2) is 35.5 Å². The number of aliphatic hydroxyl groups excluding tert-OH is 2. The number of ether oxygens (including phenoxy) is 2. The van der Waals surface area contributed by atoms with Crippen molar-refractivity contribution in [2.45, 2.75) is 45.3 Å². The Morgan fingerprint density at radius 3 is 2.84 bits per heavy atom. The van der Waals surface area contributed by atoms with E-state index in [9.17, 15) is 19.8 Å². The molecule has 2 aliphatic rings. The Morgan fingerprint density at radius 2 is 2.20 bits per heavy atom. The zero-order chi connectivity index (χ0) is 18.6. The van der Waals surface area contributed by atoms with Crippen LogP contribution in [0, 0.1) is 11.8 Å². The Balaban J connectivity index is 2.23. The van der Waals surface area contributed by atoms with E-state index in [4.69, 9.17) is 9.47 Å². The predicted molar refractivity (Wildman–Crippen MR) is 91.4 cm³/mol. The number of rotatable bonds is 4. The number of allylic oxidation sites excluding steroid dienone is 1. The van der Waals surface area contributed by atoms with Crippen molar-refractivity contribution in [2.24, 2.45) is 11.8 Å². The van der Waals surface area contributed by atoms with Gasteiger partial charge < -0.3 is 19.7 Å². The van der Waals surface area contributed by atoms with E-state index in [-0.39, 0.29) is 37.4 Å². The molecule has 0 aromatic rings. The molecule has 6 nitrogen and oxygen atoms in total. The number of hydrogen-bond donors (Lipinski definition) is 2. The van der Waals surface area contributed by atoms with Crippen LogP contribution in [0.3, 0.4) is 0 Å². The van der Waals surface area contributed by atoms with Gasteiger partial charge in [-0.2, -0.15) is 0 Å². The van der Waals surface area contributed by atoms with Gasteiger partial charge in [0.05, 0.1) is 18.6 Å². The molecule has 2 rings (SSSR count). The molecule has 2 N–H and O–H groups in total. The minimum Gasteiger partial charge on any atom is -0.461 e. The van der Waals surface area contributed by atoms with Gasteiger partial charge in [0.1, 0.15) is 12.7 Å². The fraction of sp³-hybridized carbons (Fsp3) is 0.579. The lowest BCUT2D eigenvalue weighted by Crippen LogP contribution is -2.25. The van der Waals surface area contributed by atoms with E-state index < -0.39 is 18.2 Å². The molecule has 1 aliphatic carbocycles. The van der Waals surface area contributed by atoms with E-state index in [1.165, 1.54) is 0 Å². The Morgan fingerprint density at radius 1 is 1.48 bits per heavy atom. The Labute approximate surface area is 147 Å². The maximum absolute atomic E-state index is 11.9. The van der Waals surface area contributed by atoms with Crippen molar-refractivity contribution in [3.63, 3.8) is 0 Å². The summed E-state index contributed by atoms with van der Waals surface area (Å²) in [5.74, 6) is -1.35. The molecule has 0 aromatic heterocycles. The van der Waals surface area contributed by atoms with Crippen LogP contribution in [0.5, 0.6) is 0 Å². The smallest absolute Gasteiger partial charge is 0.334 e. The molecule has 6 heteroatoms. The van der Waals surface area contributed by atoms with Gasteiger partial charge >= 0.3 is 11.9 Å². The highest BCUT2D eigenvalue weighted by Crippen LogP contribution is 2.34. The zero-order valence-corrected chi connectivity index (χ0v) is 14.7. The zero-order valence-electron chi connectivity index (χ0n) is 14.7. The molecule has 1 heterocycles. The molecule has 0 saturated carbocycles. The van der Waals surface area contributed by atoms with Gasteiger partial charge in [-0.25, -0.2) is 4.79 Å². The fourth-order valence-corrected chi connectivity index (χ4v) is 2.96. The predicted octanol–water partition coefficient (Wildman–Crippen LogP) is 1.67. The first kappa shape index (κ1) is 19.4. The SMILES string of the molecule is C=C1C(=O)OC2C=C(COC(=O)C(C)C)CCC=C(CO)C(O)CC12. The quantitative estimate of drug-likeness (QED) is 0.455. The van der Waals surface area contributed by atoms with Gasteiger partial charge in [-0.1, -0.05) is 26.5 Å². The van der Waals surface area contributed by atoms with Crippen LogP contribution >= 0.6 is 0 Å². The highest BCUT2D eigenvalue weighted by Gasteiger charge is 2.39. The summed E-state index contributed by atoms with van der Waals surface area (Å²) in [4.78, 5) is 23.6. The molecule has 0 amide bonds. The molecular weight excluding hydrogens is 324 g/mol. The van der Waals surface area contributed by atoms with Crippen LogP contribution < -0.4 is 0 Å². The first-order valence-corrected chi connectivity index (χ1v) is 8.57. The largest absolute Gasteiger partial charge is 0.461 e. The lowest BCUT2D eigenvalue weighted by Gasteiger charge is -2.22. The van der Waals surface area contributed by atoms with Gasteiger partial charge in [0, 0.05) is 11.5 Å². The highest BCUT2D eigenvalue weighted by molar-refractivity contribution is 5.91. The van der Waals surface area contributed by atoms with Gasteiger partial charge in [-0.15, -0.1) is 0 Å². The summed E-state index contributed by atoms with van der Waals surface area (Å²) in [5.41, 5.74) is 1.68. The first-order valence-electron chi connectivity index (χ1n) is 8.57. The molecule has 25 heavy (non-hydrogen) atoms. The van der Waals surface area contributed by atoms with Crippen molar-refractivity contribution in [2.75, 3.05) is 13.2 Å². The molecule has 1 fully saturated rings. The second kappa shape index (κ2) is 8.45. The van der Waals surface area contributed by atoms with E-state index >= 15 is 0 Å². The van der Waals surface area contributed by atoms with Crippen LogP contribution in [0.4, 0.5) is 0 Å². The number of fused-ring (bicyclic) bond motifs is 1. The molecule has 0 bridgehead atoms. The second-order valence-corrected chi connectivity index (χ2v) is 6.82. The maximum atomic E-state index is 11.9. The minimum atomic E-state index is -0.850. The molecule has 0 spiro atoms. The van der Waals surface area contributed by atoms with Crippen molar-refractivity contribution in [1.82, 2.24) is 0 Å². The highest BCUT2D eigenvalue weighted by atomic mass is 16.6. The van der Waals surface area contributed by atoms with Gasteiger partial charge in [-0.05, 0) is 36.5 Å². The van der Waals surface area contributed by atoms with E-state index in [1.54, 1.807) is 26.0 Å². The van der Waals surface area contributed by atoms with Crippen molar-refractivity contribution in [1.29, 1.82) is 0 Å². The Hall–Kier alpha value is -1.92. The number of aliphatic hydroxyl groups is 2. The normalized spacial score (nSPS) is 27.3. The van der Waals surface area contributed by atoms with Crippen LogP contribution in [0.1, 0.15) is 33.1 Å². The molecule has 0 aromatic carbocycles. The minimum absolute atomic E-state index is 0.134. The standard InChI is InChI=1S/C19H26O6/c1-11(2)18(22)24-10-13-5-4-6-14(9-20)16(21)8-15-12(3)19(23)25-17(15)7-13/h6-7,11,15-17,20-21H,3-5,8-10H2,1-2H3. The van der Waals surface area contributed by atoms with E-state index in [0.717, 1.165) is 5.57 Å². The number of carbonyl (C=O) groups is 2. The van der Waals surface area contributed by atoms with Gasteiger partial charge in [0.15, 0.2) is 0 Å². The van der Waals surface area contributed by atoms with Crippen molar-refractivity contribution in [3.05, 3.63) is 35.5 Å². The molecule has 138 valence electrons. The van der Waals surface area contributed by atoms with Crippen LogP contribution in [0.2, 0.25) is 0 Å². The first-order chi connectivity index (χ1) is 11.8. The third kappa shape index (κ3) is 4.80. The van der Waals surface area contributed by atoms with E-state index in [0.29, 0.717) is 24.0 Å². The molecule has 3 atom stereocenters. The lowest BCUT2D eigenvalue weighted by molar-refractivity contribution is -0.146. The van der Waals surface area contributed by atoms with Gasteiger partial charge in [0.25, 0.3) is 0 Å². The second-order valence-electron chi connectivity index (χ2n) is 6.82. The Kier molecular flexibility index (Phi) is 6.56. The summed E-state index contributed by atoms with van der Waals surface area (Å²) in [6, 6.07) is 0. The molecular formula is C19H26O6. The van der Waals surface area contributed by atoms with Gasteiger partial charge in [0.2, 0.25) is 0 Å². The summed E-state index contributed by atoms with van der Waals surface area (Å²) in [7, 11) is 0. The topological polar surface area (TPSA) is 93.1 Å². The van der Waals surface area contributed by atoms with Crippen LogP contribution in [-0.4, -0.2) is 47.6 Å². The number of carbonyl (C=O) groups excluding carboxylic acids is 2. The summed E-state index contributed by atoms with van der Waals surface area (Å²) in [6.07, 6.45) is 3.62. The monoisotopic (exact) mass is 350 g/mol. The van der Waals surface area contributed by atoms with Crippen molar-refractivity contribution in [3.8, 4) is 0 Å². The summed E-state index contributed by atoms with van der Waals surface area (Å²) >= 11 is 0. The molecule has 1 saturated heterocycles. The molecule has 3 unspecified atom stereocenters. The average Bonchev–Trinajstić information content (AvgIpc) is 2.83. The lowest BCUT2D eigenvalue weighted by atomic mass is 9.86. The molecule has 0 radical (unpaired) electrons. The third-order valence-electron chi connectivity index (χ3n) is 4.58. The summed E-state index contributed by atoms with van der Waals surface area (Å²) < 4.78 is 10.7. The van der Waals surface area contributed by atoms with Crippen molar-refractivity contribution >= 4 is 11.9 Å². The number of hydrogen-bond acceptors (Lipinski definition) is 6. The average molecular weight is 350 g/mol. The van der Waals surface area contributed by atoms with Crippen molar-refractivity contribution < 1.29 is 29.3 Å². The number of esters is 2. The summed E-state index contributed by atoms with van der Waals surface area (Å²) in [6.45, 7) is 7.19. The van der Waals surface area contributed by atoms with Crippen LogP contribution in [-0.2, 0) is 19.1 Å². The fourth-order valence-electron chi connectivity index (χ4n) is 2.96. The third-order valence-corrected chi connectivity index (χ3v) is 4.58. The van der Waals surface area contributed by atoms with Gasteiger partial charge in [-0.3, -0.25) is 4.79 Å².